The van der Waals surface area contributed by atoms with Gasteiger partial charge in [-0.3, -0.25) is 43.2 Å². The summed E-state index contributed by atoms with van der Waals surface area (Å²) in [4.78, 5) is 132. The molecule has 0 saturated carbocycles. The quantitative estimate of drug-likeness (QED) is 0.0703. The Bertz CT molecular complexity index is 3830. The molecule has 0 radical (unpaired) electrons. The molecule has 3 aromatic heterocycles. The van der Waals surface area contributed by atoms with Gasteiger partial charge in [0.15, 0.2) is 46.3 Å². The molecule has 2 aliphatic heterocycles. The van der Waals surface area contributed by atoms with Gasteiger partial charge in [-0.2, -0.15) is 0 Å². The van der Waals surface area contributed by atoms with Gasteiger partial charge in [-0.1, -0.05) is 61.2 Å². The number of halogens is 3. The predicted octanol–water partition coefficient (Wildman–Crippen LogP) is 9.94. The van der Waals surface area contributed by atoms with Crippen molar-refractivity contribution >= 4 is 155 Å². The fourth-order valence-electron chi connectivity index (χ4n) is 10.6. The minimum atomic E-state index is -0.526. The van der Waals surface area contributed by atoms with Gasteiger partial charge < -0.3 is 40.1 Å². The highest BCUT2D eigenvalue weighted by molar-refractivity contribution is 9.14. The summed E-state index contributed by atoms with van der Waals surface area (Å²) < 4.78 is 6.57. The number of Topliss-reactive ketones (excluding diaryl/α,β-unsaturated/α-hetero) is 8. The number of hydrogen-bond donors (Lipinski definition) is 5. The van der Waals surface area contributed by atoms with E-state index >= 15 is 0 Å². The van der Waals surface area contributed by atoms with E-state index in [1.807, 2.05) is 93.6 Å². The van der Waals surface area contributed by atoms with Crippen molar-refractivity contribution in [1.29, 1.82) is 0 Å². The number of benzene rings is 3. The number of rotatable bonds is 8. The molecule has 3 aromatic carbocycles. The summed E-state index contributed by atoms with van der Waals surface area (Å²) in [5, 5.41) is 9.45. The number of ether oxygens (including phenoxy) is 1. The molecule has 2 fully saturated rings. The molecule has 18 nitrogen and oxygen atoms in total. The van der Waals surface area contributed by atoms with Crippen molar-refractivity contribution < 1.29 is 52.7 Å². The number of nitrogens with zero attached hydrogens (tertiary/aromatic N) is 2. The molecular formula is C62H58Br3N7O11. The number of carbonyl (C=O) groups excluding carboxylic acids is 10. The summed E-state index contributed by atoms with van der Waals surface area (Å²) in [5.74, 6) is -1.26. The average Bonchev–Trinajstić information content (AvgIpc) is 4.54. The standard InChI is InChI=1S/C23H27N3O4.C21H21N3O3.C13H8BrNO2.C5H2Br2O2/c1-23(2,3)30-22(29)26-10-8-14(9-11-26)25-21-19(28)12-18(27)20(21)16-13-24-17-7-5-4-6-15(16)17;1-2-19(27)24-9-7-13(8-10-24)23-21-18(26)11-17(25)20(21)15-12-22-16-6-4-3-5-14(15)16;14-13-11(17)5-10(16)12(13)8-6-15-9-4-2-1-3-7(8)9;6-4-2(8)1-3(9)5(4)7/h4-7,13-14,24-25H,8-12H2,1-3H3;2-6,12-13,22-23H,1,7-11H2;1-4,6,15H,5H2;1H2. The molecule has 6 aromatic rings. The van der Waals surface area contributed by atoms with Gasteiger partial charge >= 0.3 is 6.09 Å². The Morgan fingerprint density at radius 2 is 0.843 bits per heavy atom. The van der Waals surface area contributed by atoms with E-state index in [0.29, 0.717) is 80.6 Å². The third kappa shape index (κ3) is 13.2. The molecule has 4 aliphatic carbocycles. The van der Waals surface area contributed by atoms with Gasteiger partial charge in [0.1, 0.15) is 5.60 Å². The Morgan fingerprint density at radius 3 is 1.19 bits per heavy atom. The van der Waals surface area contributed by atoms with Crippen LogP contribution in [0.4, 0.5) is 4.79 Å². The second-order valence-electron chi connectivity index (χ2n) is 21.5. The van der Waals surface area contributed by atoms with Crippen molar-refractivity contribution in [1.82, 2.24) is 35.4 Å². The van der Waals surface area contributed by atoms with Gasteiger partial charge in [-0.15, -0.1) is 0 Å². The maximum absolute atomic E-state index is 12.7. The monoisotopic (exact) mass is 1310 g/mol. The molecule has 0 atom stereocenters. The zero-order valence-corrected chi connectivity index (χ0v) is 50.4. The van der Waals surface area contributed by atoms with Gasteiger partial charge in [0.05, 0.1) is 61.7 Å². The van der Waals surface area contributed by atoms with E-state index in [9.17, 15) is 47.9 Å². The number of aromatic nitrogens is 3. The molecule has 0 bridgehead atoms. The largest absolute Gasteiger partial charge is 0.444 e. The molecule has 428 valence electrons. The summed E-state index contributed by atoms with van der Waals surface area (Å²) in [6, 6.07) is 23.3. The van der Waals surface area contributed by atoms with Crippen LogP contribution in [0.2, 0.25) is 0 Å². The van der Waals surface area contributed by atoms with E-state index in [2.05, 4.69) is 80.0 Å². The number of H-pyrrole nitrogens is 3. The van der Waals surface area contributed by atoms with Gasteiger partial charge in [0, 0.05) is 112 Å². The number of fused-ring (bicyclic) bond motifs is 3. The van der Waals surface area contributed by atoms with E-state index in [1.54, 1.807) is 28.4 Å². The van der Waals surface area contributed by atoms with Gasteiger partial charge in [-0.05, 0) is 119 Å². The lowest BCUT2D eigenvalue weighted by Crippen LogP contribution is -2.46. The normalized spacial score (nSPS) is 18.1. The molecule has 6 aliphatic rings. The predicted molar refractivity (Wildman–Crippen MR) is 325 cm³/mol. The van der Waals surface area contributed by atoms with E-state index in [1.165, 1.54) is 6.08 Å². The summed E-state index contributed by atoms with van der Waals surface area (Å²) in [6.45, 7) is 11.4. The van der Waals surface area contributed by atoms with Crippen molar-refractivity contribution in [3.63, 3.8) is 0 Å². The molecule has 2 saturated heterocycles. The highest BCUT2D eigenvalue weighted by atomic mass is 79.9. The lowest BCUT2D eigenvalue weighted by Gasteiger charge is -2.34. The number of nitrogens with one attached hydrogen (secondary N) is 5. The van der Waals surface area contributed by atoms with Crippen LogP contribution < -0.4 is 10.6 Å². The van der Waals surface area contributed by atoms with Crippen LogP contribution in [0.1, 0.15) is 88.8 Å². The number of para-hydroxylation sites is 3. The number of aromatic amines is 3. The lowest BCUT2D eigenvalue weighted by atomic mass is 10.0. The van der Waals surface area contributed by atoms with Crippen LogP contribution in [-0.4, -0.2) is 127 Å². The zero-order chi connectivity index (χ0) is 59.4. The molecule has 21 heteroatoms. The first-order chi connectivity index (χ1) is 39.6. The van der Waals surface area contributed by atoms with Gasteiger partial charge in [0.25, 0.3) is 0 Å². The number of carbonyl (C=O) groups is 10. The van der Waals surface area contributed by atoms with Crippen molar-refractivity contribution in [2.75, 3.05) is 26.2 Å². The SMILES string of the molecule is C=CC(=O)N1CCC(NC2=C(c3c[nH]c4ccccc34)C(=O)CC2=O)CC1.CC(C)(C)OC(=O)N1CCC(NC2=C(c3c[nH]c4ccccc34)C(=O)CC2=O)CC1.O=C1CC(=O)C(Br)=C1Br.O=C1CC(=O)C(c2c[nH]c3ccccc23)=C1Br. The molecular weight excluding hydrogens is 1260 g/mol. The molecule has 0 spiro atoms. The van der Waals surface area contributed by atoms with Gasteiger partial charge in [-0.25, -0.2) is 4.79 Å². The maximum atomic E-state index is 12.7. The molecule has 5 heterocycles. The Kier molecular flexibility index (Phi) is 18.2. The number of allylic oxidation sites excluding steroid dienone is 8. The fraction of sp³-hybridized carbons (Fsp3) is 0.290. The zero-order valence-electron chi connectivity index (χ0n) is 45.6. The highest BCUT2D eigenvalue weighted by Crippen LogP contribution is 2.38. The molecule has 12 rings (SSSR count). The third-order valence-electron chi connectivity index (χ3n) is 14.7. The topological polar surface area (TPSA) is 258 Å². The molecule has 2 amide bonds. The summed E-state index contributed by atoms with van der Waals surface area (Å²) >= 11 is 9.16. The molecule has 0 unspecified atom stereocenters. The van der Waals surface area contributed by atoms with Crippen molar-refractivity contribution in [2.24, 2.45) is 0 Å². The van der Waals surface area contributed by atoms with Crippen LogP contribution in [-0.2, 0) is 47.9 Å². The van der Waals surface area contributed by atoms with Crippen molar-refractivity contribution in [2.45, 2.75) is 89.8 Å². The summed E-state index contributed by atoms with van der Waals surface area (Å²) in [5.41, 5.74) is 6.87. The van der Waals surface area contributed by atoms with E-state index in [4.69, 9.17) is 4.74 Å². The van der Waals surface area contributed by atoms with E-state index in [-0.39, 0.29) is 96.0 Å². The minimum Gasteiger partial charge on any atom is -0.444 e. The van der Waals surface area contributed by atoms with Crippen LogP contribution >= 0.6 is 47.8 Å². The number of likely N-dealkylation sites (tertiary alicyclic amines) is 2. The highest BCUT2D eigenvalue weighted by Gasteiger charge is 2.38. The number of ketones is 8. The van der Waals surface area contributed by atoms with Crippen LogP contribution in [0.15, 0.2) is 129 Å². The Hall–Kier alpha value is -7.88. The van der Waals surface area contributed by atoms with Crippen molar-refractivity contribution in [3.05, 3.63) is 146 Å². The lowest BCUT2D eigenvalue weighted by molar-refractivity contribution is -0.127. The summed E-state index contributed by atoms with van der Waals surface area (Å²) in [6.07, 6.45) is 8.98. The number of hydrogen-bond acceptors (Lipinski definition) is 13. The van der Waals surface area contributed by atoms with Gasteiger partial charge in [0.2, 0.25) is 5.91 Å². The summed E-state index contributed by atoms with van der Waals surface area (Å²) in [7, 11) is 0. The Morgan fingerprint density at radius 1 is 0.506 bits per heavy atom. The van der Waals surface area contributed by atoms with E-state index < -0.39 is 5.60 Å². The first-order valence-electron chi connectivity index (χ1n) is 26.9. The number of piperidine rings is 2. The first kappa shape index (κ1) is 59.7. The minimum absolute atomic E-state index is 0.00116. The fourth-order valence-corrected chi connectivity index (χ4v) is 11.9. The molecule has 5 N–H and O–H groups in total. The maximum Gasteiger partial charge on any atom is 0.410 e. The Balaban J connectivity index is 0.000000143. The molecule has 83 heavy (non-hydrogen) atoms. The van der Waals surface area contributed by atoms with Crippen LogP contribution in [0.5, 0.6) is 0 Å². The second kappa shape index (κ2) is 25.3. The third-order valence-corrected chi connectivity index (χ3v) is 17.8. The Labute approximate surface area is 502 Å². The van der Waals surface area contributed by atoms with Crippen LogP contribution in [0.3, 0.4) is 0 Å². The average molecular weight is 1320 g/mol. The van der Waals surface area contributed by atoms with Crippen LogP contribution in [0, 0.1) is 0 Å². The second-order valence-corrected chi connectivity index (χ2v) is 23.9. The van der Waals surface area contributed by atoms with E-state index in [0.717, 1.165) is 62.2 Å². The van der Waals surface area contributed by atoms with Crippen molar-refractivity contribution in [3.8, 4) is 0 Å². The van der Waals surface area contributed by atoms with Crippen LogP contribution in [0.25, 0.3) is 49.4 Å². The number of amides is 2. The smallest absolute Gasteiger partial charge is 0.410 e. The first-order valence-corrected chi connectivity index (χ1v) is 29.3.